The summed E-state index contributed by atoms with van der Waals surface area (Å²) in [5.41, 5.74) is 3.51. The van der Waals surface area contributed by atoms with Crippen molar-refractivity contribution in [2.45, 2.75) is 27.4 Å². The maximum Gasteiger partial charge on any atom is 0.266 e. The zero-order chi connectivity index (χ0) is 24.8. The molecule has 1 aliphatic heterocycles. The van der Waals surface area contributed by atoms with Crippen molar-refractivity contribution >= 4 is 34.6 Å². The molecule has 0 unspecified atom stereocenters. The van der Waals surface area contributed by atoms with Crippen molar-refractivity contribution in [3.8, 4) is 11.5 Å². The lowest BCUT2D eigenvalue weighted by Crippen LogP contribution is -2.28. The standard InChI is InChI=1S/C28H27FN2O3S/c1-4-31-27(32)26(35-28(31)30-23-12-9-19(3)10-13-23)17-20-11-14-24(25(16-20)33-5-2)34-18-21-7-6-8-22(29)15-21/h6-17H,4-5,18H2,1-3H3/b26-17+,30-28?. The van der Waals surface area contributed by atoms with Crippen LogP contribution in [-0.4, -0.2) is 29.1 Å². The smallest absolute Gasteiger partial charge is 0.266 e. The molecule has 0 N–H and O–H groups in total. The number of likely N-dealkylation sites (N-methyl/N-ethyl adjacent to an activating group) is 1. The minimum absolute atomic E-state index is 0.0762. The van der Waals surface area contributed by atoms with E-state index in [0.717, 1.165) is 22.4 Å². The second-order valence-electron chi connectivity index (χ2n) is 7.95. The molecule has 7 heteroatoms. The highest BCUT2D eigenvalue weighted by molar-refractivity contribution is 8.18. The van der Waals surface area contributed by atoms with Crippen molar-refractivity contribution in [3.05, 3.63) is 94.1 Å². The predicted molar refractivity (Wildman–Crippen MR) is 140 cm³/mol. The molecule has 0 radical (unpaired) electrons. The Morgan fingerprint density at radius 3 is 2.51 bits per heavy atom. The van der Waals surface area contributed by atoms with Gasteiger partial charge in [0.25, 0.3) is 5.91 Å². The van der Waals surface area contributed by atoms with Gasteiger partial charge in [0.2, 0.25) is 0 Å². The number of hydrogen-bond acceptors (Lipinski definition) is 5. The summed E-state index contributed by atoms with van der Waals surface area (Å²) in [6, 6.07) is 19.7. The lowest BCUT2D eigenvalue weighted by molar-refractivity contribution is -0.122. The van der Waals surface area contributed by atoms with Crippen molar-refractivity contribution in [3.63, 3.8) is 0 Å². The second-order valence-corrected chi connectivity index (χ2v) is 8.96. The molecule has 5 nitrogen and oxygen atoms in total. The van der Waals surface area contributed by atoms with E-state index in [1.165, 1.54) is 23.9 Å². The summed E-state index contributed by atoms with van der Waals surface area (Å²) in [5.74, 6) is 0.742. The van der Waals surface area contributed by atoms with E-state index in [4.69, 9.17) is 9.47 Å². The fraction of sp³-hybridized carbons (Fsp3) is 0.214. The van der Waals surface area contributed by atoms with Crippen LogP contribution in [0.15, 0.2) is 76.6 Å². The topological polar surface area (TPSA) is 51.1 Å². The number of carbonyl (C=O) groups excluding carboxylic acids is 1. The van der Waals surface area contributed by atoms with Gasteiger partial charge in [-0.05, 0) is 86.1 Å². The molecule has 1 heterocycles. The van der Waals surface area contributed by atoms with Crippen molar-refractivity contribution in [1.82, 2.24) is 4.90 Å². The highest BCUT2D eigenvalue weighted by Crippen LogP contribution is 2.36. The van der Waals surface area contributed by atoms with E-state index in [9.17, 15) is 9.18 Å². The van der Waals surface area contributed by atoms with Gasteiger partial charge in [0, 0.05) is 6.54 Å². The maximum atomic E-state index is 13.5. The van der Waals surface area contributed by atoms with Gasteiger partial charge in [-0.15, -0.1) is 0 Å². The molecule has 1 amide bonds. The van der Waals surface area contributed by atoms with E-state index >= 15 is 0 Å². The maximum absolute atomic E-state index is 13.5. The molecular formula is C28H27FN2O3S. The number of hydrogen-bond donors (Lipinski definition) is 0. The number of amides is 1. The van der Waals surface area contributed by atoms with Gasteiger partial charge in [0.1, 0.15) is 12.4 Å². The Morgan fingerprint density at radius 1 is 1.00 bits per heavy atom. The van der Waals surface area contributed by atoms with E-state index in [-0.39, 0.29) is 18.3 Å². The number of thioether (sulfide) groups is 1. The number of aryl methyl sites for hydroxylation is 1. The molecule has 0 bridgehead atoms. The summed E-state index contributed by atoms with van der Waals surface area (Å²) >= 11 is 1.36. The molecule has 4 rings (SSSR count). The summed E-state index contributed by atoms with van der Waals surface area (Å²) in [5, 5.41) is 0.660. The molecule has 3 aromatic carbocycles. The van der Waals surface area contributed by atoms with Crippen LogP contribution in [0.25, 0.3) is 6.08 Å². The number of nitrogens with zero attached hydrogens (tertiary/aromatic N) is 2. The van der Waals surface area contributed by atoms with E-state index < -0.39 is 0 Å². The molecule has 0 saturated carbocycles. The Labute approximate surface area is 209 Å². The van der Waals surface area contributed by atoms with E-state index in [1.807, 2.05) is 63.2 Å². The zero-order valence-electron chi connectivity index (χ0n) is 20.0. The number of carbonyl (C=O) groups is 1. The lowest BCUT2D eigenvalue weighted by atomic mass is 10.1. The summed E-state index contributed by atoms with van der Waals surface area (Å²) < 4.78 is 25.1. The van der Waals surface area contributed by atoms with Crippen molar-refractivity contribution < 1.29 is 18.7 Å². The number of halogens is 1. The number of amidine groups is 1. The van der Waals surface area contributed by atoms with E-state index in [0.29, 0.717) is 34.7 Å². The number of ether oxygens (including phenoxy) is 2. The predicted octanol–water partition coefficient (Wildman–Crippen LogP) is 6.74. The van der Waals surface area contributed by atoms with Crippen LogP contribution in [0.3, 0.4) is 0 Å². The highest BCUT2D eigenvalue weighted by Gasteiger charge is 2.32. The first kappa shape index (κ1) is 24.5. The van der Waals surface area contributed by atoms with Gasteiger partial charge in [-0.25, -0.2) is 9.38 Å². The monoisotopic (exact) mass is 490 g/mol. The van der Waals surface area contributed by atoms with Gasteiger partial charge in [-0.3, -0.25) is 9.69 Å². The van der Waals surface area contributed by atoms with Crippen LogP contribution in [0, 0.1) is 12.7 Å². The van der Waals surface area contributed by atoms with Crippen LogP contribution in [0.2, 0.25) is 0 Å². The van der Waals surface area contributed by atoms with Crippen LogP contribution in [0.1, 0.15) is 30.5 Å². The SMILES string of the molecule is CCOc1cc(/C=C2/SC(=Nc3ccc(C)cc3)N(CC)C2=O)ccc1OCc1cccc(F)c1. The number of rotatable bonds is 8. The Morgan fingerprint density at radius 2 is 1.80 bits per heavy atom. The van der Waals surface area contributed by atoms with Crippen LogP contribution < -0.4 is 9.47 Å². The number of aliphatic imine (C=N–C) groups is 1. The Kier molecular flexibility index (Phi) is 7.87. The van der Waals surface area contributed by atoms with Crippen LogP contribution >= 0.6 is 11.8 Å². The summed E-state index contributed by atoms with van der Waals surface area (Å²) in [7, 11) is 0. The quantitative estimate of drug-likeness (QED) is 0.328. The third-order valence-corrected chi connectivity index (χ3v) is 6.32. The van der Waals surface area contributed by atoms with Gasteiger partial charge < -0.3 is 9.47 Å². The first-order chi connectivity index (χ1) is 17.0. The Bertz CT molecular complexity index is 1270. The molecule has 0 atom stereocenters. The van der Waals surface area contributed by atoms with Crippen LogP contribution in [0.5, 0.6) is 11.5 Å². The van der Waals surface area contributed by atoms with Crippen LogP contribution in [0.4, 0.5) is 10.1 Å². The van der Waals surface area contributed by atoms with Gasteiger partial charge in [0.05, 0.1) is 17.2 Å². The largest absolute Gasteiger partial charge is 0.490 e. The minimum atomic E-state index is -0.303. The average Bonchev–Trinajstić information content (AvgIpc) is 3.13. The summed E-state index contributed by atoms with van der Waals surface area (Å²) in [4.78, 5) is 20.0. The molecule has 35 heavy (non-hydrogen) atoms. The fourth-order valence-electron chi connectivity index (χ4n) is 3.54. The first-order valence-corrected chi connectivity index (χ1v) is 12.3. The first-order valence-electron chi connectivity index (χ1n) is 11.5. The van der Waals surface area contributed by atoms with Gasteiger partial charge >= 0.3 is 0 Å². The molecule has 1 saturated heterocycles. The fourth-order valence-corrected chi connectivity index (χ4v) is 4.60. The highest BCUT2D eigenvalue weighted by atomic mass is 32.2. The third-order valence-electron chi connectivity index (χ3n) is 5.31. The Hall–Kier alpha value is -3.58. The molecule has 0 spiro atoms. The summed E-state index contributed by atoms with van der Waals surface area (Å²) in [6.07, 6.45) is 1.84. The van der Waals surface area contributed by atoms with Gasteiger partial charge in [-0.2, -0.15) is 0 Å². The molecule has 0 aliphatic carbocycles. The average molecular weight is 491 g/mol. The summed E-state index contributed by atoms with van der Waals surface area (Å²) in [6.45, 7) is 7.07. The van der Waals surface area contributed by atoms with Gasteiger partial charge in [-0.1, -0.05) is 35.9 Å². The van der Waals surface area contributed by atoms with Crippen molar-refractivity contribution in [2.75, 3.05) is 13.2 Å². The van der Waals surface area contributed by atoms with Crippen molar-refractivity contribution in [1.29, 1.82) is 0 Å². The molecule has 180 valence electrons. The zero-order valence-corrected chi connectivity index (χ0v) is 20.8. The van der Waals surface area contributed by atoms with E-state index in [2.05, 4.69) is 4.99 Å². The van der Waals surface area contributed by atoms with E-state index in [1.54, 1.807) is 23.1 Å². The second kappa shape index (κ2) is 11.2. The molecule has 0 aromatic heterocycles. The van der Waals surface area contributed by atoms with Crippen molar-refractivity contribution in [2.24, 2.45) is 4.99 Å². The molecule has 3 aromatic rings. The molecular weight excluding hydrogens is 463 g/mol. The normalized spacial score (nSPS) is 15.8. The van der Waals surface area contributed by atoms with Crippen LogP contribution in [-0.2, 0) is 11.4 Å². The molecule has 1 fully saturated rings. The molecule has 1 aliphatic rings. The Balaban J connectivity index is 1.56. The third kappa shape index (κ3) is 6.11. The van der Waals surface area contributed by atoms with Gasteiger partial charge in [0.15, 0.2) is 16.7 Å². The lowest BCUT2D eigenvalue weighted by Gasteiger charge is -2.13. The minimum Gasteiger partial charge on any atom is -0.490 e. The number of benzene rings is 3.